The molecule has 2 N–H and O–H groups in total. The second kappa shape index (κ2) is 9.06. The minimum absolute atomic E-state index is 0.102. The summed E-state index contributed by atoms with van der Waals surface area (Å²) >= 11 is 7.08. The van der Waals surface area contributed by atoms with Crippen molar-refractivity contribution in [1.82, 2.24) is 20.4 Å². The van der Waals surface area contributed by atoms with Gasteiger partial charge >= 0.3 is 6.03 Å². The lowest BCUT2D eigenvalue weighted by Crippen LogP contribution is -2.42. The molecule has 2 aromatic rings. The molecule has 0 aliphatic carbocycles. The quantitative estimate of drug-likeness (QED) is 0.749. The fourth-order valence-corrected chi connectivity index (χ4v) is 4.57. The summed E-state index contributed by atoms with van der Waals surface area (Å²) in [6.07, 6.45) is 3.82. The summed E-state index contributed by atoms with van der Waals surface area (Å²) in [4.78, 5) is 26.8. The summed E-state index contributed by atoms with van der Waals surface area (Å²) in [6.45, 7) is 1.94. The number of likely N-dealkylation sites (tertiary alicyclic amines) is 1. The number of carbonyl (C=O) groups excluding carboxylic acids is 2. The molecule has 3 amide bonds. The number of rotatable bonds is 5. The lowest BCUT2D eigenvalue weighted by molar-refractivity contribution is 0.102. The van der Waals surface area contributed by atoms with Gasteiger partial charge in [-0.2, -0.15) is 0 Å². The number of carbonyl (C=O) groups is 2. The van der Waals surface area contributed by atoms with Crippen LogP contribution >= 0.6 is 22.9 Å². The number of hydrogen-bond acceptors (Lipinski definition) is 6. The zero-order valence-electron chi connectivity index (χ0n) is 15.8. The Hall–Kier alpha value is -2.23. The van der Waals surface area contributed by atoms with Crippen molar-refractivity contribution in [2.45, 2.75) is 37.8 Å². The molecule has 2 atom stereocenters. The van der Waals surface area contributed by atoms with Gasteiger partial charge in [0.15, 0.2) is 0 Å². The van der Waals surface area contributed by atoms with Crippen molar-refractivity contribution in [1.29, 1.82) is 0 Å². The van der Waals surface area contributed by atoms with Gasteiger partial charge in [0.25, 0.3) is 5.91 Å². The maximum atomic E-state index is 12.6. The second-order valence-corrected chi connectivity index (χ2v) is 8.52. The van der Waals surface area contributed by atoms with Gasteiger partial charge in [-0.1, -0.05) is 22.9 Å². The molecule has 29 heavy (non-hydrogen) atoms. The van der Waals surface area contributed by atoms with Gasteiger partial charge in [0.05, 0.1) is 12.1 Å². The van der Waals surface area contributed by atoms with Crippen LogP contribution in [0.5, 0.6) is 0 Å². The summed E-state index contributed by atoms with van der Waals surface area (Å²) in [5, 5.41) is 15.5. The highest BCUT2D eigenvalue weighted by atomic mass is 35.5. The SMILES string of the molecule is O=C(Nc1ccc(Cl)cc1)c1nnc([C@H]2CCCN2C(=O)NC[C@H]2CCCO2)s1. The average molecular weight is 436 g/mol. The number of benzene rings is 1. The van der Waals surface area contributed by atoms with Gasteiger partial charge in [0.1, 0.15) is 5.01 Å². The molecule has 0 radical (unpaired) electrons. The van der Waals surface area contributed by atoms with Gasteiger partial charge < -0.3 is 20.3 Å². The zero-order valence-corrected chi connectivity index (χ0v) is 17.3. The fraction of sp³-hybridized carbons (Fsp3) is 0.474. The molecule has 4 rings (SSSR count). The Kier molecular flexibility index (Phi) is 6.27. The van der Waals surface area contributed by atoms with Crippen molar-refractivity contribution >= 4 is 40.6 Å². The van der Waals surface area contributed by atoms with E-state index in [0.717, 1.165) is 32.3 Å². The van der Waals surface area contributed by atoms with Gasteiger partial charge in [0, 0.05) is 30.4 Å². The average Bonchev–Trinajstić information content (AvgIpc) is 3.48. The van der Waals surface area contributed by atoms with Gasteiger partial charge in [-0.3, -0.25) is 4.79 Å². The molecule has 1 aromatic heterocycles. The number of anilines is 1. The maximum Gasteiger partial charge on any atom is 0.318 e. The third kappa shape index (κ3) is 4.85. The minimum atomic E-state index is -0.330. The predicted molar refractivity (Wildman–Crippen MR) is 110 cm³/mol. The van der Waals surface area contributed by atoms with E-state index < -0.39 is 0 Å². The second-order valence-electron chi connectivity index (χ2n) is 7.08. The predicted octanol–water partition coefficient (Wildman–Crippen LogP) is 3.47. The molecule has 2 saturated heterocycles. The summed E-state index contributed by atoms with van der Waals surface area (Å²) in [6, 6.07) is 6.57. The molecular formula is C19H22ClN5O3S. The van der Waals surface area contributed by atoms with E-state index in [9.17, 15) is 9.59 Å². The molecule has 2 aliphatic rings. The molecule has 2 fully saturated rings. The van der Waals surface area contributed by atoms with E-state index >= 15 is 0 Å². The Morgan fingerprint density at radius 3 is 2.79 bits per heavy atom. The summed E-state index contributed by atoms with van der Waals surface area (Å²) in [5.41, 5.74) is 0.632. The monoisotopic (exact) mass is 435 g/mol. The van der Waals surface area contributed by atoms with Crippen LogP contribution in [0.15, 0.2) is 24.3 Å². The van der Waals surface area contributed by atoms with Crippen molar-refractivity contribution in [3.63, 3.8) is 0 Å². The Labute approximate surface area is 177 Å². The molecule has 3 heterocycles. The largest absolute Gasteiger partial charge is 0.376 e. The van der Waals surface area contributed by atoms with Crippen LogP contribution in [-0.2, 0) is 4.74 Å². The number of ether oxygens (including phenoxy) is 1. The fourth-order valence-electron chi connectivity index (χ4n) is 3.55. The van der Waals surface area contributed by atoms with Gasteiger partial charge in [-0.25, -0.2) is 4.79 Å². The van der Waals surface area contributed by atoms with Gasteiger partial charge in [-0.15, -0.1) is 10.2 Å². The molecule has 154 valence electrons. The van der Waals surface area contributed by atoms with Crippen molar-refractivity contribution < 1.29 is 14.3 Å². The minimum Gasteiger partial charge on any atom is -0.376 e. The molecule has 2 aliphatic heterocycles. The molecule has 0 unspecified atom stereocenters. The number of urea groups is 1. The highest BCUT2D eigenvalue weighted by Gasteiger charge is 2.33. The first-order valence-electron chi connectivity index (χ1n) is 9.66. The Balaban J connectivity index is 1.37. The molecule has 0 spiro atoms. The van der Waals surface area contributed by atoms with E-state index in [4.69, 9.17) is 16.3 Å². The highest BCUT2D eigenvalue weighted by Crippen LogP contribution is 2.33. The molecule has 0 bridgehead atoms. The molecule has 8 nitrogen and oxygen atoms in total. The van der Waals surface area contributed by atoms with Crippen LogP contribution in [0.4, 0.5) is 10.5 Å². The van der Waals surface area contributed by atoms with E-state index in [-0.39, 0.29) is 29.1 Å². The van der Waals surface area contributed by atoms with Gasteiger partial charge in [-0.05, 0) is 49.9 Å². The molecule has 0 saturated carbocycles. The summed E-state index contributed by atoms with van der Waals surface area (Å²) in [7, 11) is 0. The Morgan fingerprint density at radius 1 is 1.21 bits per heavy atom. The van der Waals surface area contributed by atoms with Crippen LogP contribution < -0.4 is 10.6 Å². The third-order valence-electron chi connectivity index (χ3n) is 5.04. The normalized spacial score (nSPS) is 21.3. The van der Waals surface area contributed by atoms with Crippen LogP contribution in [0.3, 0.4) is 0 Å². The number of aromatic nitrogens is 2. The first kappa shape index (κ1) is 20.1. The lowest BCUT2D eigenvalue weighted by Gasteiger charge is -2.23. The van der Waals surface area contributed by atoms with E-state index in [1.54, 1.807) is 29.2 Å². The number of halogens is 1. The van der Waals surface area contributed by atoms with E-state index in [0.29, 0.717) is 28.8 Å². The standard InChI is InChI=1S/C19H22ClN5O3S/c20-12-5-7-13(8-6-12)22-16(26)18-24-23-17(29-18)15-4-1-9-25(15)19(27)21-11-14-3-2-10-28-14/h5-8,14-15H,1-4,9-11H2,(H,21,27)(H,22,26)/t14-,15-/m1/s1. The molecular weight excluding hydrogens is 414 g/mol. The Morgan fingerprint density at radius 2 is 2.03 bits per heavy atom. The van der Waals surface area contributed by atoms with E-state index in [2.05, 4.69) is 20.8 Å². The third-order valence-corrected chi connectivity index (χ3v) is 6.32. The van der Waals surface area contributed by atoms with Crippen LogP contribution in [0.25, 0.3) is 0 Å². The first-order valence-corrected chi connectivity index (χ1v) is 10.9. The number of amides is 3. The topological polar surface area (TPSA) is 96.5 Å². The lowest BCUT2D eigenvalue weighted by atomic mass is 10.2. The van der Waals surface area contributed by atoms with Crippen molar-refractivity contribution in [3.05, 3.63) is 39.3 Å². The van der Waals surface area contributed by atoms with E-state index in [1.807, 2.05) is 0 Å². The van der Waals surface area contributed by atoms with Crippen LogP contribution in [0.2, 0.25) is 5.02 Å². The zero-order chi connectivity index (χ0) is 20.2. The number of hydrogen-bond donors (Lipinski definition) is 2. The summed E-state index contributed by atoms with van der Waals surface area (Å²) < 4.78 is 5.56. The van der Waals surface area contributed by atoms with Gasteiger partial charge in [0.2, 0.25) is 5.01 Å². The van der Waals surface area contributed by atoms with E-state index in [1.165, 1.54) is 11.3 Å². The van der Waals surface area contributed by atoms with Crippen LogP contribution in [0, 0.1) is 0 Å². The first-order chi connectivity index (χ1) is 14.1. The van der Waals surface area contributed by atoms with Crippen molar-refractivity contribution in [3.8, 4) is 0 Å². The maximum absolute atomic E-state index is 12.6. The van der Waals surface area contributed by atoms with Crippen molar-refractivity contribution in [2.24, 2.45) is 0 Å². The van der Waals surface area contributed by atoms with Crippen LogP contribution in [0.1, 0.15) is 46.5 Å². The molecule has 10 heteroatoms. The smallest absolute Gasteiger partial charge is 0.318 e. The summed E-state index contributed by atoms with van der Waals surface area (Å²) in [5.74, 6) is -0.330. The Bertz CT molecular complexity index is 869. The number of nitrogens with one attached hydrogen (secondary N) is 2. The highest BCUT2D eigenvalue weighted by molar-refractivity contribution is 7.13. The molecule has 1 aromatic carbocycles. The number of nitrogens with zero attached hydrogens (tertiary/aromatic N) is 3. The van der Waals surface area contributed by atoms with Crippen molar-refractivity contribution in [2.75, 3.05) is 25.0 Å². The van der Waals surface area contributed by atoms with Crippen LogP contribution in [-0.4, -0.2) is 52.8 Å².